The van der Waals surface area contributed by atoms with Gasteiger partial charge in [-0.1, -0.05) is 6.07 Å². The van der Waals surface area contributed by atoms with Crippen LogP contribution in [0.25, 0.3) is 10.1 Å². The van der Waals surface area contributed by atoms with Gasteiger partial charge in [0, 0.05) is 27.9 Å². The van der Waals surface area contributed by atoms with Crippen molar-refractivity contribution in [2.24, 2.45) is 0 Å². The zero-order chi connectivity index (χ0) is 13.4. The molecule has 0 aliphatic rings. The third-order valence-corrected chi connectivity index (χ3v) is 4.21. The van der Waals surface area contributed by atoms with E-state index >= 15 is 0 Å². The fourth-order valence-corrected chi connectivity index (χ4v) is 3.12. The van der Waals surface area contributed by atoms with Crippen LogP contribution in [0.5, 0.6) is 0 Å². The van der Waals surface area contributed by atoms with Crippen molar-refractivity contribution in [3.8, 4) is 0 Å². The molecule has 3 rings (SSSR count). The van der Waals surface area contributed by atoms with E-state index in [-0.39, 0.29) is 5.82 Å². The fraction of sp³-hybridized carbons (Fsp3) is 0.214. The second kappa shape index (κ2) is 4.75. The quantitative estimate of drug-likeness (QED) is 0.796. The summed E-state index contributed by atoms with van der Waals surface area (Å²) in [5, 5.41) is 15.4. The van der Waals surface area contributed by atoms with Crippen molar-refractivity contribution in [2.45, 2.75) is 19.6 Å². The fourth-order valence-electron chi connectivity index (χ4n) is 2.02. The van der Waals surface area contributed by atoms with E-state index in [1.165, 1.54) is 23.5 Å². The molecule has 0 spiro atoms. The molecule has 98 valence electrons. The number of thiophene rings is 1. The lowest BCUT2D eigenvalue weighted by Gasteiger charge is -2.04. The molecule has 0 radical (unpaired) electrons. The Kier molecular flexibility index (Phi) is 3.08. The molecule has 1 unspecified atom stereocenters. The molecule has 0 aliphatic carbocycles. The van der Waals surface area contributed by atoms with Crippen molar-refractivity contribution in [3.63, 3.8) is 0 Å². The third kappa shape index (κ3) is 2.27. The summed E-state index contributed by atoms with van der Waals surface area (Å²) in [6.45, 7) is 2.76. The molecule has 0 saturated heterocycles. The van der Waals surface area contributed by atoms with E-state index in [0.717, 1.165) is 27.1 Å². The van der Waals surface area contributed by atoms with Crippen LogP contribution in [-0.2, 0) is 6.54 Å². The van der Waals surface area contributed by atoms with Gasteiger partial charge in [-0.2, -0.15) is 5.10 Å². The van der Waals surface area contributed by atoms with Gasteiger partial charge in [0.05, 0.1) is 6.20 Å². The predicted molar refractivity (Wildman–Crippen MR) is 73.7 cm³/mol. The lowest BCUT2D eigenvalue weighted by molar-refractivity contribution is 0.224. The Hall–Kier alpha value is -1.72. The number of nitrogens with zero attached hydrogens (tertiary/aromatic N) is 2. The zero-order valence-corrected chi connectivity index (χ0v) is 11.2. The highest BCUT2D eigenvalue weighted by atomic mass is 32.1. The van der Waals surface area contributed by atoms with Crippen molar-refractivity contribution < 1.29 is 9.50 Å². The lowest BCUT2D eigenvalue weighted by Crippen LogP contribution is -1.96. The molecule has 19 heavy (non-hydrogen) atoms. The first-order chi connectivity index (χ1) is 9.17. The van der Waals surface area contributed by atoms with Crippen molar-refractivity contribution in [3.05, 3.63) is 52.9 Å². The van der Waals surface area contributed by atoms with Crippen LogP contribution in [0.2, 0.25) is 0 Å². The van der Waals surface area contributed by atoms with Gasteiger partial charge in [0.25, 0.3) is 0 Å². The molecule has 0 amide bonds. The van der Waals surface area contributed by atoms with Crippen molar-refractivity contribution in [1.82, 2.24) is 9.78 Å². The van der Waals surface area contributed by atoms with Crippen LogP contribution in [0.4, 0.5) is 4.39 Å². The summed E-state index contributed by atoms with van der Waals surface area (Å²) in [7, 11) is 0. The standard InChI is InChI=1S/C14H13FN2OS/c1-2-17-8-10(7-16-17)14(18)13-5-9-3-4-11(15)6-12(9)19-13/h3-8,14,18H,2H2,1H3. The minimum atomic E-state index is -0.708. The molecule has 0 bridgehead atoms. The Labute approximate surface area is 113 Å². The second-order valence-corrected chi connectivity index (χ2v) is 5.48. The normalized spacial score (nSPS) is 13.0. The first kappa shape index (κ1) is 12.3. The van der Waals surface area contributed by atoms with E-state index in [4.69, 9.17) is 0 Å². The highest BCUT2D eigenvalue weighted by molar-refractivity contribution is 7.19. The minimum Gasteiger partial charge on any atom is -0.383 e. The molecule has 5 heteroatoms. The topological polar surface area (TPSA) is 38.0 Å². The first-order valence-electron chi connectivity index (χ1n) is 6.07. The zero-order valence-electron chi connectivity index (χ0n) is 10.4. The van der Waals surface area contributed by atoms with Crippen LogP contribution in [0.15, 0.2) is 36.7 Å². The van der Waals surface area contributed by atoms with Gasteiger partial charge in [0.2, 0.25) is 0 Å². The van der Waals surface area contributed by atoms with Gasteiger partial charge in [-0.05, 0) is 30.5 Å². The van der Waals surface area contributed by atoms with Gasteiger partial charge in [0.15, 0.2) is 0 Å². The van der Waals surface area contributed by atoms with Crippen LogP contribution in [0.3, 0.4) is 0 Å². The Bertz CT molecular complexity index is 719. The molecule has 3 nitrogen and oxygen atoms in total. The average molecular weight is 276 g/mol. The van der Waals surface area contributed by atoms with Crippen LogP contribution in [0, 0.1) is 5.82 Å². The van der Waals surface area contributed by atoms with E-state index in [1.807, 2.05) is 19.2 Å². The maximum Gasteiger partial charge on any atom is 0.124 e. The van der Waals surface area contributed by atoms with Crippen LogP contribution >= 0.6 is 11.3 Å². The Morgan fingerprint density at radius 2 is 2.26 bits per heavy atom. The predicted octanol–water partition coefficient (Wildman–Crippen LogP) is 3.34. The Morgan fingerprint density at radius 1 is 1.42 bits per heavy atom. The molecule has 0 saturated carbocycles. The number of aliphatic hydroxyl groups is 1. The van der Waals surface area contributed by atoms with Gasteiger partial charge in [-0.25, -0.2) is 4.39 Å². The van der Waals surface area contributed by atoms with Gasteiger partial charge < -0.3 is 5.11 Å². The van der Waals surface area contributed by atoms with Crippen molar-refractivity contribution in [1.29, 1.82) is 0 Å². The summed E-state index contributed by atoms with van der Waals surface area (Å²) in [4.78, 5) is 0.802. The van der Waals surface area contributed by atoms with Gasteiger partial charge >= 0.3 is 0 Å². The smallest absolute Gasteiger partial charge is 0.124 e. The van der Waals surface area contributed by atoms with Gasteiger partial charge in [-0.15, -0.1) is 11.3 Å². The van der Waals surface area contributed by atoms with Crippen LogP contribution < -0.4 is 0 Å². The molecule has 1 N–H and O–H groups in total. The maximum atomic E-state index is 13.1. The number of aryl methyl sites for hydroxylation is 1. The minimum absolute atomic E-state index is 0.255. The Morgan fingerprint density at radius 3 is 3.00 bits per heavy atom. The number of aliphatic hydroxyl groups excluding tert-OH is 1. The molecule has 1 atom stereocenters. The first-order valence-corrected chi connectivity index (χ1v) is 6.88. The Balaban J connectivity index is 1.98. The summed E-state index contributed by atoms with van der Waals surface area (Å²) in [5.41, 5.74) is 0.758. The largest absolute Gasteiger partial charge is 0.383 e. The van der Waals surface area contributed by atoms with E-state index < -0.39 is 6.10 Å². The van der Waals surface area contributed by atoms with Crippen molar-refractivity contribution in [2.75, 3.05) is 0 Å². The molecule has 1 aromatic carbocycles. The maximum absolute atomic E-state index is 13.1. The van der Waals surface area contributed by atoms with Crippen LogP contribution in [0.1, 0.15) is 23.5 Å². The number of hydrogen-bond acceptors (Lipinski definition) is 3. The summed E-state index contributed by atoms with van der Waals surface area (Å²) in [6, 6.07) is 6.55. The molecule has 3 aromatic rings. The number of benzene rings is 1. The monoisotopic (exact) mass is 276 g/mol. The van der Waals surface area contributed by atoms with E-state index in [0.29, 0.717) is 0 Å². The number of fused-ring (bicyclic) bond motifs is 1. The summed E-state index contributed by atoms with van der Waals surface area (Å²) in [6.07, 6.45) is 2.79. The molecule has 0 fully saturated rings. The lowest BCUT2D eigenvalue weighted by atomic mass is 10.1. The third-order valence-electron chi connectivity index (χ3n) is 3.06. The summed E-state index contributed by atoms with van der Waals surface area (Å²) >= 11 is 1.40. The highest BCUT2D eigenvalue weighted by Gasteiger charge is 2.15. The molecule has 2 aromatic heterocycles. The van der Waals surface area contributed by atoms with Gasteiger partial charge in [0.1, 0.15) is 11.9 Å². The number of aromatic nitrogens is 2. The average Bonchev–Trinajstić information content (AvgIpc) is 3.03. The molecular formula is C14H13FN2OS. The SMILES string of the molecule is CCn1cc(C(O)c2cc3ccc(F)cc3s2)cn1. The van der Waals surface area contributed by atoms with Crippen molar-refractivity contribution >= 4 is 21.4 Å². The summed E-state index contributed by atoms with van der Waals surface area (Å²) < 4.78 is 15.8. The second-order valence-electron chi connectivity index (χ2n) is 4.36. The van der Waals surface area contributed by atoms with E-state index in [1.54, 1.807) is 16.9 Å². The molecular weight excluding hydrogens is 263 g/mol. The number of hydrogen-bond donors (Lipinski definition) is 1. The molecule has 0 aliphatic heterocycles. The number of halogens is 1. The van der Waals surface area contributed by atoms with Gasteiger partial charge in [-0.3, -0.25) is 4.68 Å². The van der Waals surface area contributed by atoms with Crippen LogP contribution in [-0.4, -0.2) is 14.9 Å². The van der Waals surface area contributed by atoms with E-state index in [9.17, 15) is 9.50 Å². The number of rotatable bonds is 3. The highest BCUT2D eigenvalue weighted by Crippen LogP contribution is 2.33. The molecule has 2 heterocycles. The van der Waals surface area contributed by atoms with E-state index in [2.05, 4.69) is 5.10 Å². The summed E-state index contributed by atoms with van der Waals surface area (Å²) in [5.74, 6) is -0.255.